The average Bonchev–Trinajstić information content (AvgIpc) is 3.32. The highest BCUT2D eigenvalue weighted by molar-refractivity contribution is 7.78. The van der Waals surface area contributed by atoms with Crippen molar-refractivity contribution in [2.24, 2.45) is 13.0 Å². The number of carbonyl (C=O) groups is 2. The summed E-state index contributed by atoms with van der Waals surface area (Å²) in [5.41, 5.74) is 3.32. The Bertz CT molecular complexity index is 1460. The van der Waals surface area contributed by atoms with Gasteiger partial charge in [-0.1, -0.05) is 82.3 Å². The number of carboxylic acids is 1. The number of rotatable bonds is 4. The topological polar surface area (TPSA) is 96.2 Å². The minimum Gasteiger partial charge on any atom is -0.481 e. The highest BCUT2D eigenvalue weighted by atomic mass is 32.1. The first-order valence-corrected chi connectivity index (χ1v) is 15.0. The lowest BCUT2D eigenvalue weighted by molar-refractivity contribution is -0.142. The third kappa shape index (κ3) is 12.9. The Hall–Kier alpha value is -3.90. The number of imidazole rings is 1. The van der Waals surface area contributed by atoms with E-state index >= 15 is 0 Å². The summed E-state index contributed by atoms with van der Waals surface area (Å²) in [7, 11) is 3.79. The first kappa shape index (κ1) is 39.1. The molecule has 0 saturated heterocycles. The lowest BCUT2D eigenvalue weighted by Crippen LogP contribution is -2.16. The number of hydrogen-bond acceptors (Lipinski definition) is 5. The average molecular weight is 651 g/mol. The Morgan fingerprint density at radius 2 is 1.60 bits per heavy atom. The van der Waals surface area contributed by atoms with E-state index < -0.39 is 23.5 Å². The molecule has 1 fully saturated rings. The van der Waals surface area contributed by atoms with Gasteiger partial charge in [0.1, 0.15) is 11.6 Å². The number of alkyl halides is 3. The number of aliphatic carboxylic acids is 1. The second-order valence-corrected chi connectivity index (χ2v) is 10.1. The minimum absolute atomic E-state index is 0.0289. The number of anilines is 1. The van der Waals surface area contributed by atoms with Gasteiger partial charge in [-0.15, -0.1) is 0 Å². The molecular weight excluding hydrogens is 608 g/mol. The maximum absolute atomic E-state index is 12.8. The van der Waals surface area contributed by atoms with Crippen LogP contribution in [-0.2, 0) is 22.8 Å². The van der Waals surface area contributed by atoms with Crippen LogP contribution in [0.1, 0.15) is 57.3 Å². The van der Waals surface area contributed by atoms with E-state index in [0.717, 1.165) is 43.1 Å². The van der Waals surface area contributed by atoms with Gasteiger partial charge in [0.05, 0.1) is 28.2 Å². The molecule has 3 N–H and O–H groups in total. The highest BCUT2D eigenvalue weighted by Crippen LogP contribution is 2.31. The molecule has 12 heteroatoms. The molecule has 0 radical (unpaired) electrons. The van der Waals surface area contributed by atoms with Crippen LogP contribution in [0.15, 0.2) is 66.7 Å². The van der Waals surface area contributed by atoms with Gasteiger partial charge in [-0.05, 0) is 68.3 Å². The standard InChI is InChI=1S/C15H14N2.C8H5F4NO.C7H12O2.C2H6.CH5NS/c1-11-16-14-10-13(8-9-15(14)17(11)2)12-6-4-3-5-7-12;9-6-3-5(8(10,11)12)1-2-7(6)13-4-14;8-7(9)6-4-2-1-3-5-6;1-2;1-2-3/h3-10H,1-2H3;1-4H,(H,13,14);6H,1-5H2,(H,8,9);1-2H3;2-3H,1H3. The quantitative estimate of drug-likeness (QED) is 0.101. The van der Waals surface area contributed by atoms with E-state index in [1.165, 1.54) is 23.1 Å². The third-order valence-electron chi connectivity index (χ3n) is 6.68. The van der Waals surface area contributed by atoms with E-state index in [-0.39, 0.29) is 18.0 Å². The van der Waals surface area contributed by atoms with Gasteiger partial charge in [-0.3, -0.25) is 14.3 Å². The van der Waals surface area contributed by atoms with Crippen molar-refractivity contribution in [3.05, 3.63) is 83.9 Å². The number of hydrogen-bond donors (Lipinski definition) is 4. The number of aromatic nitrogens is 2. The predicted octanol–water partition coefficient (Wildman–Crippen LogP) is 8.69. The van der Waals surface area contributed by atoms with Crippen molar-refractivity contribution >= 4 is 41.9 Å². The predicted molar refractivity (Wildman–Crippen MR) is 176 cm³/mol. The molecule has 3 aromatic carbocycles. The molecule has 4 aromatic rings. The van der Waals surface area contributed by atoms with E-state index in [2.05, 4.69) is 69.6 Å². The van der Waals surface area contributed by atoms with Crippen molar-refractivity contribution in [3.8, 4) is 11.1 Å². The molecule has 0 bridgehead atoms. The van der Waals surface area contributed by atoms with Crippen LogP contribution < -0.4 is 10.0 Å². The summed E-state index contributed by atoms with van der Waals surface area (Å²) in [6.45, 7) is 6.03. The van der Waals surface area contributed by atoms with Gasteiger partial charge in [-0.25, -0.2) is 9.37 Å². The minimum atomic E-state index is -4.58. The molecule has 1 aromatic heterocycles. The molecule has 1 saturated carbocycles. The zero-order chi connectivity index (χ0) is 34.0. The number of fused-ring (bicyclic) bond motifs is 1. The van der Waals surface area contributed by atoms with Crippen LogP contribution >= 0.6 is 12.8 Å². The van der Waals surface area contributed by atoms with E-state index in [1.54, 1.807) is 7.05 Å². The number of aryl methyl sites for hydroxylation is 2. The first-order valence-electron chi connectivity index (χ1n) is 14.5. The van der Waals surface area contributed by atoms with Gasteiger partial charge in [-0.2, -0.15) is 13.2 Å². The monoisotopic (exact) mass is 650 g/mol. The lowest BCUT2D eigenvalue weighted by Gasteiger charge is -2.16. The van der Waals surface area contributed by atoms with Crippen LogP contribution in [0.2, 0.25) is 0 Å². The van der Waals surface area contributed by atoms with Gasteiger partial charge < -0.3 is 15.0 Å². The molecule has 0 unspecified atom stereocenters. The number of nitrogens with zero attached hydrogens (tertiary/aromatic N) is 2. The SMILES string of the molecule is CC.CNS.Cc1nc2cc(-c3ccccc3)ccc2n1C.O=C(O)C1CCCCC1.O=CNc1ccc(C(F)(F)F)cc1F. The van der Waals surface area contributed by atoms with E-state index in [4.69, 9.17) is 5.11 Å². The second-order valence-electron chi connectivity index (χ2n) is 9.64. The van der Waals surface area contributed by atoms with E-state index in [9.17, 15) is 27.2 Å². The molecule has 7 nitrogen and oxygen atoms in total. The maximum Gasteiger partial charge on any atom is 0.416 e. The van der Waals surface area contributed by atoms with Crippen molar-refractivity contribution in [3.63, 3.8) is 0 Å². The number of halogens is 4. The van der Waals surface area contributed by atoms with Crippen LogP contribution in [0.4, 0.5) is 23.2 Å². The van der Waals surface area contributed by atoms with Gasteiger partial charge in [0.25, 0.3) is 0 Å². The van der Waals surface area contributed by atoms with Crippen molar-refractivity contribution in [2.75, 3.05) is 12.4 Å². The molecule has 1 amide bonds. The van der Waals surface area contributed by atoms with Crippen LogP contribution in [0, 0.1) is 18.7 Å². The van der Waals surface area contributed by atoms with Crippen molar-refractivity contribution < 1.29 is 32.3 Å². The van der Waals surface area contributed by atoms with Gasteiger partial charge in [0.15, 0.2) is 0 Å². The van der Waals surface area contributed by atoms with Crippen molar-refractivity contribution in [2.45, 2.75) is 59.1 Å². The molecule has 1 heterocycles. The van der Waals surface area contributed by atoms with Gasteiger partial charge in [0, 0.05) is 7.05 Å². The molecule has 246 valence electrons. The normalized spacial score (nSPS) is 12.5. The van der Waals surface area contributed by atoms with Gasteiger partial charge >= 0.3 is 12.1 Å². The zero-order valence-electron chi connectivity index (χ0n) is 26.2. The van der Waals surface area contributed by atoms with Crippen LogP contribution in [0.5, 0.6) is 0 Å². The summed E-state index contributed by atoms with van der Waals surface area (Å²) in [6.07, 6.45) is 0.842. The molecule has 0 spiro atoms. The lowest BCUT2D eigenvalue weighted by atomic mass is 9.90. The number of thiol groups is 1. The molecule has 0 atom stereocenters. The fraction of sp³-hybridized carbons (Fsp3) is 0.364. The van der Waals surface area contributed by atoms with E-state index in [0.29, 0.717) is 12.1 Å². The highest BCUT2D eigenvalue weighted by Gasteiger charge is 2.31. The summed E-state index contributed by atoms with van der Waals surface area (Å²) in [5.74, 6) is -0.703. The van der Waals surface area contributed by atoms with Crippen LogP contribution in [0.25, 0.3) is 22.2 Å². The molecule has 0 aliphatic heterocycles. The number of benzene rings is 3. The summed E-state index contributed by atoms with van der Waals surface area (Å²) in [6, 6.07) is 18.7. The van der Waals surface area contributed by atoms with Gasteiger partial charge in [0.2, 0.25) is 6.41 Å². The Labute approximate surface area is 267 Å². The molecular formula is C33H42F4N4O3S. The van der Waals surface area contributed by atoms with Crippen molar-refractivity contribution in [1.82, 2.24) is 14.3 Å². The summed E-state index contributed by atoms with van der Waals surface area (Å²) in [4.78, 5) is 24.8. The number of carbonyl (C=O) groups excluding carboxylic acids is 1. The van der Waals surface area contributed by atoms with Crippen molar-refractivity contribution in [1.29, 1.82) is 0 Å². The maximum atomic E-state index is 12.8. The summed E-state index contributed by atoms with van der Waals surface area (Å²) < 4.78 is 53.5. The Morgan fingerprint density at radius 1 is 1.00 bits per heavy atom. The fourth-order valence-electron chi connectivity index (χ4n) is 4.35. The summed E-state index contributed by atoms with van der Waals surface area (Å²) in [5, 5.41) is 10.5. The number of nitrogens with one attached hydrogen (secondary N) is 2. The molecule has 5 rings (SSSR count). The second kappa shape index (κ2) is 20.2. The first-order chi connectivity index (χ1) is 21.4. The van der Waals surface area contributed by atoms with Crippen LogP contribution in [0.3, 0.4) is 0 Å². The smallest absolute Gasteiger partial charge is 0.416 e. The zero-order valence-corrected chi connectivity index (χ0v) is 27.1. The Kier molecular flexibility index (Phi) is 17.6. The Balaban J connectivity index is 0.000000326. The largest absolute Gasteiger partial charge is 0.481 e. The molecule has 1 aliphatic carbocycles. The number of carboxylic acid groups (broad SMARTS) is 1. The number of amides is 1. The third-order valence-corrected chi connectivity index (χ3v) is 6.68. The fourth-order valence-corrected chi connectivity index (χ4v) is 4.35. The molecule has 45 heavy (non-hydrogen) atoms. The molecule has 1 aliphatic rings. The Morgan fingerprint density at radius 3 is 2.09 bits per heavy atom. The summed E-state index contributed by atoms with van der Waals surface area (Å²) >= 11 is 3.54. The van der Waals surface area contributed by atoms with E-state index in [1.807, 2.05) is 39.2 Å². The van der Waals surface area contributed by atoms with Crippen LogP contribution in [-0.4, -0.2) is 34.1 Å².